The van der Waals surface area contributed by atoms with Crippen LogP contribution in [-0.2, 0) is 0 Å². The van der Waals surface area contributed by atoms with Crippen molar-refractivity contribution in [2.45, 2.75) is 6.92 Å². The van der Waals surface area contributed by atoms with Crippen molar-refractivity contribution in [3.63, 3.8) is 0 Å². The van der Waals surface area contributed by atoms with Crippen LogP contribution in [-0.4, -0.2) is 21.7 Å². The maximum atomic E-state index is 12.0. The smallest absolute Gasteiger partial charge is 0.275 e. The Hall–Kier alpha value is -1.96. The van der Waals surface area contributed by atoms with Gasteiger partial charge in [-0.3, -0.25) is 9.78 Å². The van der Waals surface area contributed by atoms with Gasteiger partial charge in [0.25, 0.3) is 5.91 Å². The van der Waals surface area contributed by atoms with E-state index in [2.05, 4.69) is 38.1 Å². The SMILES string of the molecule is C/C(=N/NC(=O)c1cc(I)ccc1O)c1ccccn1. The summed E-state index contributed by atoms with van der Waals surface area (Å²) < 4.78 is 0.857. The van der Waals surface area contributed by atoms with Gasteiger partial charge in [-0.25, -0.2) is 5.43 Å². The molecule has 5 nitrogen and oxygen atoms in total. The molecule has 6 heteroatoms. The molecule has 0 spiro atoms. The highest BCUT2D eigenvalue weighted by Crippen LogP contribution is 2.19. The van der Waals surface area contributed by atoms with E-state index >= 15 is 0 Å². The quantitative estimate of drug-likeness (QED) is 0.488. The fraction of sp³-hybridized carbons (Fsp3) is 0.0714. The van der Waals surface area contributed by atoms with Gasteiger partial charge in [0.2, 0.25) is 0 Å². The lowest BCUT2D eigenvalue weighted by Crippen LogP contribution is -2.19. The van der Waals surface area contributed by atoms with Gasteiger partial charge in [0.15, 0.2) is 0 Å². The van der Waals surface area contributed by atoms with E-state index < -0.39 is 5.91 Å². The highest BCUT2D eigenvalue weighted by atomic mass is 127. The van der Waals surface area contributed by atoms with Gasteiger partial charge in [0.05, 0.1) is 17.0 Å². The third kappa shape index (κ3) is 3.53. The topological polar surface area (TPSA) is 74.6 Å². The zero-order valence-electron chi connectivity index (χ0n) is 10.7. The minimum atomic E-state index is -0.462. The van der Waals surface area contributed by atoms with Crippen LogP contribution in [0.5, 0.6) is 5.75 Å². The molecule has 2 rings (SSSR count). The molecule has 0 saturated heterocycles. The van der Waals surface area contributed by atoms with Gasteiger partial charge in [-0.05, 0) is 59.8 Å². The van der Waals surface area contributed by atoms with Crippen molar-refractivity contribution in [2.75, 3.05) is 0 Å². The Morgan fingerprint density at radius 1 is 1.35 bits per heavy atom. The number of hydrogen-bond acceptors (Lipinski definition) is 4. The molecule has 0 bridgehead atoms. The number of amides is 1. The second kappa shape index (κ2) is 6.47. The van der Waals surface area contributed by atoms with Crippen LogP contribution in [0.1, 0.15) is 23.0 Å². The third-order valence-corrected chi connectivity index (χ3v) is 3.23. The number of halogens is 1. The van der Waals surface area contributed by atoms with Crippen LogP contribution in [0.3, 0.4) is 0 Å². The fourth-order valence-corrected chi connectivity index (χ4v) is 2.01. The molecule has 1 amide bonds. The zero-order valence-corrected chi connectivity index (χ0v) is 12.8. The molecule has 20 heavy (non-hydrogen) atoms. The number of phenolic OH excluding ortho intramolecular Hbond substituents is 1. The van der Waals surface area contributed by atoms with Crippen LogP contribution in [0.15, 0.2) is 47.7 Å². The molecule has 0 saturated carbocycles. The number of nitrogens with zero attached hydrogens (tertiary/aromatic N) is 2. The number of phenols is 1. The number of carbonyl (C=O) groups is 1. The molecular formula is C14H12IN3O2. The van der Waals surface area contributed by atoms with Crippen LogP contribution >= 0.6 is 22.6 Å². The molecule has 2 N–H and O–H groups in total. The molecular weight excluding hydrogens is 369 g/mol. The molecule has 0 radical (unpaired) electrons. The van der Waals surface area contributed by atoms with Crippen LogP contribution in [0.2, 0.25) is 0 Å². The molecule has 1 heterocycles. The number of aromatic nitrogens is 1. The van der Waals surface area contributed by atoms with Gasteiger partial charge >= 0.3 is 0 Å². The number of pyridine rings is 1. The van der Waals surface area contributed by atoms with E-state index in [1.54, 1.807) is 37.4 Å². The molecule has 102 valence electrons. The van der Waals surface area contributed by atoms with Crippen molar-refractivity contribution < 1.29 is 9.90 Å². The number of aromatic hydroxyl groups is 1. The molecule has 2 aromatic rings. The van der Waals surface area contributed by atoms with Gasteiger partial charge in [0.1, 0.15) is 5.75 Å². The van der Waals surface area contributed by atoms with Crippen molar-refractivity contribution in [2.24, 2.45) is 5.10 Å². The van der Waals surface area contributed by atoms with E-state index in [1.165, 1.54) is 6.07 Å². The first-order chi connectivity index (χ1) is 9.58. The summed E-state index contributed by atoms with van der Waals surface area (Å²) in [5.74, 6) is -0.537. The molecule has 0 atom stereocenters. The van der Waals surface area contributed by atoms with Gasteiger partial charge in [0, 0.05) is 9.77 Å². The summed E-state index contributed by atoms with van der Waals surface area (Å²) in [4.78, 5) is 16.1. The molecule has 1 aromatic heterocycles. The maximum Gasteiger partial charge on any atom is 0.275 e. The zero-order chi connectivity index (χ0) is 14.5. The second-order valence-corrected chi connectivity index (χ2v) is 5.26. The minimum Gasteiger partial charge on any atom is -0.507 e. The molecule has 1 aromatic carbocycles. The van der Waals surface area contributed by atoms with Crippen molar-refractivity contribution >= 4 is 34.2 Å². The van der Waals surface area contributed by atoms with Crippen molar-refractivity contribution in [1.29, 1.82) is 0 Å². The largest absolute Gasteiger partial charge is 0.507 e. The summed E-state index contributed by atoms with van der Waals surface area (Å²) >= 11 is 2.07. The summed E-state index contributed by atoms with van der Waals surface area (Å²) in [5.41, 5.74) is 3.87. The standard InChI is InChI=1S/C14H12IN3O2/c1-9(12-4-2-3-7-16-12)17-18-14(20)11-8-10(15)5-6-13(11)19/h2-8,19H,1H3,(H,18,20)/b17-9-. The minimum absolute atomic E-state index is 0.0754. The van der Waals surface area contributed by atoms with Crippen molar-refractivity contribution in [3.05, 3.63) is 57.4 Å². The molecule has 0 unspecified atom stereocenters. The van der Waals surface area contributed by atoms with Crippen molar-refractivity contribution in [1.82, 2.24) is 10.4 Å². The van der Waals surface area contributed by atoms with E-state index in [1.807, 2.05) is 6.07 Å². The first-order valence-corrected chi connectivity index (χ1v) is 6.90. The lowest BCUT2D eigenvalue weighted by Gasteiger charge is -2.05. The number of hydrazone groups is 1. The second-order valence-electron chi connectivity index (χ2n) is 4.01. The summed E-state index contributed by atoms with van der Waals surface area (Å²) in [6, 6.07) is 10.2. The summed E-state index contributed by atoms with van der Waals surface area (Å²) in [7, 11) is 0. The van der Waals surface area contributed by atoms with E-state index in [0.717, 1.165) is 3.57 Å². The van der Waals surface area contributed by atoms with Crippen LogP contribution in [0.4, 0.5) is 0 Å². The Balaban J connectivity index is 2.14. The predicted octanol–water partition coefficient (Wildman–Crippen LogP) is 2.55. The average Bonchev–Trinajstić information content (AvgIpc) is 2.47. The van der Waals surface area contributed by atoms with E-state index in [0.29, 0.717) is 11.4 Å². The number of hydrogen-bond donors (Lipinski definition) is 2. The predicted molar refractivity (Wildman–Crippen MR) is 84.7 cm³/mol. The maximum absolute atomic E-state index is 12.0. The summed E-state index contributed by atoms with van der Waals surface area (Å²) in [6.45, 7) is 1.75. The van der Waals surface area contributed by atoms with Gasteiger partial charge in [-0.2, -0.15) is 5.10 Å². The highest BCUT2D eigenvalue weighted by Gasteiger charge is 2.11. The summed E-state index contributed by atoms with van der Waals surface area (Å²) in [5, 5.41) is 13.6. The van der Waals surface area contributed by atoms with Crippen LogP contribution < -0.4 is 5.43 Å². The van der Waals surface area contributed by atoms with Crippen LogP contribution in [0, 0.1) is 3.57 Å². The molecule has 0 aliphatic heterocycles. The number of carbonyl (C=O) groups excluding carboxylic acids is 1. The highest BCUT2D eigenvalue weighted by molar-refractivity contribution is 14.1. The molecule has 0 fully saturated rings. The first-order valence-electron chi connectivity index (χ1n) is 5.82. The van der Waals surface area contributed by atoms with E-state index in [-0.39, 0.29) is 11.3 Å². The molecule has 0 aliphatic carbocycles. The van der Waals surface area contributed by atoms with Gasteiger partial charge in [-0.15, -0.1) is 0 Å². The Morgan fingerprint density at radius 2 is 2.15 bits per heavy atom. The van der Waals surface area contributed by atoms with Gasteiger partial charge in [-0.1, -0.05) is 6.07 Å². The fourth-order valence-electron chi connectivity index (χ4n) is 1.52. The lowest BCUT2D eigenvalue weighted by atomic mass is 10.2. The molecule has 0 aliphatic rings. The van der Waals surface area contributed by atoms with Crippen LogP contribution in [0.25, 0.3) is 0 Å². The summed E-state index contributed by atoms with van der Waals surface area (Å²) in [6.07, 6.45) is 1.65. The first kappa shape index (κ1) is 14.4. The Morgan fingerprint density at radius 3 is 2.85 bits per heavy atom. The lowest BCUT2D eigenvalue weighted by molar-refractivity contribution is 0.0952. The van der Waals surface area contributed by atoms with E-state index in [9.17, 15) is 9.90 Å². The third-order valence-electron chi connectivity index (χ3n) is 2.56. The number of nitrogens with one attached hydrogen (secondary N) is 1. The average molecular weight is 381 g/mol. The monoisotopic (exact) mass is 381 g/mol. The Kier molecular flexibility index (Phi) is 4.67. The number of rotatable bonds is 3. The van der Waals surface area contributed by atoms with E-state index in [4.69, 9.17) is 0 Å². The number of benzene rings is 1. The normalized spacial score (nSPS) is 11.2. The van der Waals surface area contributed by atoms with Crippen molar-refractivity contribution in [3.8, 4) is 5.75 Å². The Labute approximate surface area is 129 Å². The Bertz CT molecular complexity index is 657. The van der Waals surface area contributed by atoms with Gasteiger partial charge < -0.3 is 5.11 Å².